The van der Waals surface area contributed by atoms with E-state index in [1.165, 1.54) is 0 Å². The van der Waals surface area contributed by atoms with Crippen LogP contribution in [0.2, 0.25) is 0 Å². The Morgan fingerprint density at radius 3 is 2.62 bits per heavy atom. The van der Waals surface area contributed by atoms with Crippen molar-refractivity contribution in [3.63, 3.8) is 0 Å². The van der Waals surface area contributed by atoms with Gasteiger partial charge in [-0.25, -0.2) is 4.98 Å². The highest BCUT2D eigenvalue weighted by Gasteiger charge is 2.16. The summed E-state index contributed by atoms with van der Waals surface area (Å²) in [5, 5.41) is 10.8. The van der Waals surface area contributed by atoms with Crippen LogP contribution in [0.4, 0.5) is 0 Å². The van der Waals surface area contributed by atoms with Gasteiger partial charge in [-0.1, -0.05) is 20.8 Å². The maximum absolute atomic E-state index is 4.40. The molecule has 4 heteroatoms. The summed E-state index contributed by atoms with van der Waals surface area (Å²) in [6.45, 7) is 7.00. The summed E-state index contributed by atoms with van der Waals surface area (Å²) < 4.78 is 0. The lowest BCUT2D eigenvalue weighted by Crippen LogP contribution is -2.18. The maximum atomic E-state index is 4.40. The van der Waals surface area contributed by atoms with Crippen LogP contribution in [0.1, 0.15) is 32.3 Å². The second-order valence-corrected chi connectivity index (χ2v) is 4.04. The Labute approximate surface area is 78.8 Å². The Kier molecular flexibility index (Phi) is 2.93. The van der Waals surface area contributed by atoms with Crippen LogP contribution in [0.5, 0.6) is 0 Å². The number of rotatable bonds is 2. The van der Waals surface area contributed by atoms with Crippen LogP contribution in [0, 0.1) is 0 Å². The average Bonchev–Trinajstić information content (AvgIpc) is 2.04. The zero-order chi connectivity index (χ0) is 9.90. The second kappa shape index (κ2) is 3.79. The molecule has 0 atom stereocenters. The van der Waals surface area contributed by atoms with Crippen molar-refractivity contribution in [1.82, 2.24) is 20.5 Å². The van der Waals surface area contributed by atoms with E-state index in [4.69, 9.17) is 0 Å². The number of aromatic nitrogens is 3. The van der Waals surface area contributed by atoms with Gasteiger partial charge in [-0.15, -0.1) is 5.10 Å². The first-order valence-corrected chi connectivity index (χ1v) is 4.37. The van der Waals surface area contributed by atoms with Crippen LogP contribution in [0.15, 0.2) is 6.20 Å². The zero-order valence-corrected chi connectivity index (χ0v) is 8.63. The Balaban J connectivity index is 2.92. The van der Waals surface area contributed by atoms with Gasteiger partial charge in [-0.2, -0.15) is 5.10 Å². The van der Waals surface area contributed by atoms with Crippen molar-refractivity contribution in [2.75, 3.05) is 7.05 Å². The summed E-state index contributed by atoms with van der Waals surface area (Å²) in [5.74, 6) is 0.745. The normalized spacial score (nSPS) is 11.7. The van der Waals surface area contributed by atoms with E-state index < -0.39 is 0 Å². The maximum Gasteiger partial charge on any atom is 0.165 e. The van der Waals surface area contributed by atoms with E-state index in [1.54, 1.807) is 6.20 Å². The largest absolute Gasteiger partial charge is 0.313 e. The number of hydrogen-bond acceptors (Lipinski definition) is 4. The van der Waals surface area contributed by atoms with Gasteiger partial charge in [0.05, 0.1) is 18.4 Å². The molecule has 0 aliphatic carbocycles. The van der Waals surface area contributed by atoms with Crippen molar-refractivity contribution in [1.29, 1.82) is 0 Å². The molecule has 0 fully saturated rings. The van der Waals surface area contributed by atoms with Crippen molar-refractivity contribution in [3.8, 4) is 0 Å². The monoisotopic (exact) mass is 180 g/mol. The molecule has 0 aromatic carbocycles. The predicted octanol–water partition coefficient (Wildman–Crippen LogP) is 0.888. The molecule has 0 saturated heterocycles. The Morgan fingerprint density at radius 1 is 1.38 bits per heavy atom. The van der Waals surface area contributed by atoms with Gasteiger partial charge in [-0.05, 0) is 7.05 Å². The molecular formula is C9H16N4. The minimum atomic E-state index is 0.0401. The van der Waals surface area contributed by atoms with Crippen LogP contribution in [-0.2, 0) is 12.0 Å². The summed E-state index contributed by atoms with van der Waals surface area (Å²) in [6, 6.07) is 0. The van der Waals surface area contributed by atoms with Crippen LogP contribution >= 0.6 is 0 Å². The lowest BCUT2D eigenvalue weighted by Gasteiger charge is -2.16. The number of hydrogen-bond donors (Lipinski definition) is 1. The molecule has 0 saturated carbocycles. The van der Waals surface area contributed by atoms with Gasteiger partial charge in [0.15, 0.2) is 5.82 Å². The number of nitrogens with one attached hydrogen (secondary N) is 1. The zero-order valence-electron chi connectivity index (χ0n) is 8.63. The molecule has 1 heterocycles. The van der Waals surface area contributed by atoms with Gasteiger partial charge < -0.3 is 5.32 Å². The van der Waals surface area contributed by atoms with Gasteiger partial charge in [-0.3, -0.25) is 0 Å². The minimum absolute atomic E-state index is 0.0401. The fraction of sp³-hybridized carbons (Fsp3) is 0.667. The quantitative estimate of drug-likeness (QED) is 0.734. The molecule has 0 unspecified atom stereocenters. The molecule has 0 aliphatic rings. The van der Waals surface area contributed by atoms with Gasteiger partial charge in [0.2, 0.25) is 0 Å². The Hall–Kier alpha value is -1.03. The van der Waals surface area contributed by atoms with Gasteiger partial charge >= 0.3 is 0 Å². The number of nitrogens with zero attached hydrogens (tertiary/aromatic N) is 3. The van der Waals surface area contributed by atoms with Crippen molar-refractivity contribution in [2.24, 2.45) is 0 Å². The third kappa shape index (κ3) is 2.73. The minimum Gasteiger partial charge on any atom is -0.313 e. The molecule has 0 spiro atoms. The smallest absolute Gasteiger partial charge is 0.165 e. The van der Waals surface area contributed by atoms with E-state index in [0.717, 1.165) is 11.5 Å². The molecule has 1 aromatic rings. The molecule has 0 aliphatic heterocycles. The summed E-state index contributed by atoms with van der Waals surface area (Å²) >= 11 is 0. The molecule has 0 amide bonds. The van der Waals surface area contributed by atoms with E-state index in [-0.39, 0.29) is 5.41 Å². The summed E-state index contributed by atoms with van der Waals surface area (Å²) in [6.07, 6.45) is 1.72. The fourth-order valence-corrected chi connectivity index (χ4v) is 0.935. The third-order valence-electron chi connectivity index (χ3n) is 1.71. The van der Waals surface area contributed by atoms with Gasteiger partial charge in [0.1, 0.15) is 0 Å². The Bertz CT molecular complexity index is 277. The predicted molar refractivity (Wildman–Crippen MR) is 51.3 cm³/mol. The molecule has 1 rings (SSSR count). The third-order valence-corrected chi connectivity index (χ3v) is 1.71. The molecule has 0 radical (unpaired) electrons. The van der Waals surface area contributed by atoms with Crippen molar-refractivity contribution in [3.05, 3.63) is 17.7 Å². The van der Waals surface area contributed by atoms with Crippen molar-refractivity contribution < 1.29 is 0 Å². The molecule has 1 N–H and O–H groups in total. The highest BCUT2D eigenvalue weighted by molar-refractivity contribution is 5.08. The highest BCUT2D eigenvalue weighted by Crippen LogP contribution is 2.18. The van der Waals surface area contributed by atoms with Crippen LogP contribution in [-0.4, -0.2) is 22.2 Å². The van der Waals surface area contributed by atoms with E-state index in [9.17, 15) is 0 Å². The Morgan fingerprint density at radius 2 is 2.08 bits per heavy atom. The van der Waals surface area contributed by atoms with E-state index >= 15 is 0 Å². The molecule has 72 valence electrons. The highest BCUT2D eigenvalue weighted by atomic mass is 15.2. The molecule has 1 aromatic heterocycles. The van der Waals surface area contributed by atoms with Crippen LogP contribution in [0.3, 0.4) is 0 Å². The molecular weight excluding hydrogens is 164 g/mol. The molecule has 13 heavy (non-hydrogen) atoms. The summed E-state index contributed by atoms with van der Waals surface area (Å²) in [5.41, 5.74) is 1.02. The fourth-order valence-electron chi connectivity index (χ4n) is 0.935. The first-order valence-electron chi connectivity index (χ1n) is 4.37. The van der Waals surface area contributed by atoms with Crippen LogP contribution in [0.25, 0.3) is 0 Å². The first kappa shape index (κ1) is 10.1. The molecule has 0 bridgehead atoms. The average molecular weight is 180 g/mol. The molecule has 4 nitrogen and oxygen atoms in total. The van der Waals surface area contributed by atoms with Gasteiger partial charge in [0, 0.05) is 5.41 Å². The van der Waals surface area contributed by atoms with E-state index in [0.29, 0.717) is 6.54 Å². The van der Waals surface area contributed by atoms with E-state index in [2.05, 4.69) is 41.3 Å². The first-order chi connectivity index (χ1) is 6.04. The second-order valence-electron chi connectivity index (χ2n) is 4.04. The lowest BCUT2D eigenvalue weighted by molar-refractivity contribution is 0.550. The van der Waals surface area contributed by atoms with Crippen LogP contribution < -0.4 is 5.32 Å². The lowest BCUT2D eigenvalue weighted by atomic mass is 9.93. The summed E-state index contributed by atoms with van der Waals surface area (Å²) in [7, 11) is 1.87. The SMILES string of the molecule is CNCc1nncc(C(C)(C)C)n1. The van der Waals surface area contributed by atoms with Crippen molar-refractivity contribution in [2.45, 2.75) is 32.7 Å². The van der Waals surface area contributed by atoms with Gasteiger partial charge in [0.25, 0.3) is 0 Å². The topological polar surface area (TPSA) is 50.7 Å². The van der Waals surface area contributed by atoms with E-state index in [1.807, 2.05) is 7.05 Å². The standard InChI is InChI=1S/C9H16N4/c1-9(2,3)7-5-11-13-8(12-7)6-10-4/h5,10H,6H2,1-4H3. The summed E-state index contributed by atoms with van der Waals surface area (Å²) in [4.78, 5) is 4.40. The van der Waals surface area contributed by atoms with Crippen molar-refractivity contribution >= 4 is 0 Å².